The Labute approximate surface area is 161 Å². The van der Waals surface area contributed by atoms with Gasteiger partial charge in [0.05, 0.1) is 18.7 Å². The van der Waals surface area contributed by atoms with Crippen molar-refractivity contribution in [1.29, 1.82) is 5.26 Å². The first-order valence-corrected chi connectivity index (χ1v) is 9.07. The van der Waals surface area contributed by atoms with Gasteiger partial charge in [-0.25, -0.2) is 0 Å². The highest BCUT2D eigenvalue weighted by atomic mass is 16.5. The molecule has 0 atom stereocenters. The molecule has 0 aromatic carbocycles. The van der Waals surface area contributed by atoms with Crippen LogP contribution in [0.15, 0.2) is 0 Å². The van der Waals surface area contributed by atoms with Crippen LogP contribution in [0.4, 0.5) is 5.82 Å². The molecule has 0 spiro atoms. The number of hydrogen-bond acceptors (Lipinski definition) is 5. The third-order valence-corrected chi connectivity index (χ3v) is 4.21. The third kappa shape index (κ3) is 6.70. The van der Waals surface area contributed by atoms with E-state index < -0.39 is 0 Å². The van der Waals surface area contributed by atoms with Crippen molar-refractivity contribution in [3.63, 3.8) is 0 Å². The summed E-state index contributed by atoms with van der Waals surface area (Å²) < 4.78 is 7.04. The molecule has 150 valence electrons. The number of hydrogen-bond donors (Lipinski definition) is 2. The standard InChI is InChI=1S/C19H31N5O3/c1-13(2)21-17(25)11-23(5)12-18(26)22-19-16(10-20)14(3)15(4)24(19)8-7-9-27-6/h13H,7-9,11-12H2,1-6H3,(H,21,25)(H,22,26). The molecule has 27 heavy (non-hydrogen) atoms. The highest BCUT2D eigenvalue weighted by Crippen LogP contribution is 2.26. The molecule has 1 aromatic rings. The quantitative estimate of drug-likeness (QED) is 0.601. The summed E-state index contributed by atoms with van der Waals surface area (Å²) >= 11 is 0. The van der Waals surface area contributed by atoms with Crippen molar-refractivity contribution in [3.05, 3.63) is 16.8 Å². The van der Waals surface area contributed by atoms with Crippen molar-refractivity contribution in [3.8, 4) is 6.07 Å². The van der Waals surface area contributed by atoms with E-state index in [1.807, 2.05) is 32.3 Å². The van der Waals surface area contributed by atoms with Gasteiger partial charge in [0, 0.05) is 32.0 Å². The Bertz CT molecular complexity index is 703. The molecule has 0 unspecified atom stereocenters. The maximum atomic E-state index is 12.5. The first kappa shape index (κ1) is 22.7. The summed E-state index contributed by atoms with van der Waals surface area (Å²) in [7, 11) is 3.35. The predicted octanol–water partition coefficient (Wildman–Crippen LogP) is 1.41. The summed E-state index contributed by atoms with van der Waals surface area (Å²) in [6.45, 7) is 9.00. The molecule has 0 bridgehead atoms. The van der Waals surface area contributed by atoms with Crippen molar-refractivity contribution < 1.29 is 14.3 Å². The highest BCUT2D eigenvalue weighted by molar-refractivity contribution is 5.93. The minimum atomic E-state index is -0.267. The van der Waals surface area contributed by atoms with Crippen molar-refractivity contribution in [1.82, 2.24) is 14.8 Å². The van der Waals surface area contributed by atoms with Crippen LogP contribution < -0.4 is 10.6 Å². The lowest BCUT2D eigenvalue weighted by Gasteiger charge is -2.18. The second-order valence-electron chi connectivity index (χ2n) is 6.99. The number of carbonyl (C=O) groups excluding carboxylic acids is 2. The largest absolute Gasteiger partial charge is 0.385 e. The molecule has 0 aliphatic rings. The Hall–Kier alpha value is -2.37. The van der Waals surface area contributed by atoms with E-state index in [1.165, 1.54) is 0 Å². The number of nitriles is 1. The van der Waals surface area contributed by atoms with E-state index in [9.17, 15) is 14.9 Å². The zero-order valence-electron chi connectivity index (χ0n) is 17.2. The molecular formula is C19H31N5O3. The van der Waals surface area contributed by atoms with Crippen molar-refractivity contribution in [2.24, 2.45) is 0 Å². The van der Waals surface area contributed by atoms with Gasteiger partial charge in [-0.05, 0) is 46.7 Å². The highest BCUT2D eigenvalue weighted by Gasteiger charge is 2.20. The molecule has 1 aromatic heterocycles. The molecule has 8 heteroatoms. The van der Waals surface area contributed by atoms with Crippen molar-refractivity contribution >= 4 is 17.6 Å². The minimum absolute atomic E-state index is 0.0533. The van der Waals surface area contributed by atoms with E-state index in [1.54, 1.807) is 19.1 Å². The van der Waals surface area contributed by atoms with Crippen LogP contribution in [-0.2, 0) is 20.9 Å². The van der Waals surface area contributed by atoms with Gasteiger partial charge < -0.3 is 19.9 Å². The van der Waals surface area contributed by atoms with E-state index in [-0.39, 0.29) is 30.9 Å². The number of aromatic nitrogens is 1. The number of likely N-dealkylation sites (N-methyl/N-ethyl adjacent to an activating group) is 1. The zero-order valence-corrected chi connectivity index (χ0v) is 17.2. The molecule has 0 aliphatic carbocycles. The number of anilines is 1. The summed E-state index contributed by atoms with van der Waals surface area (Å²) in [5, 5.41) is 15.1. The molecular weight excluding hydrogens is 346 g/mol. The van der Waals surface area contributed by atoms with Crippen LogP contribution in [0.2, 0.25) is 0 Å². The lowest BCUT2D eigenvalue weighted by molar-refractivity contribution is -0.123. The molecule has 1 rings (SSSR count). The maximum absolute atomic E-state index is 12.5. The number of nitrogens with zero attached hydrogens (tertiary/aromatic N) is 3. The van der Waals surface area contributed by atoms with Gasteiger partial charge in [-0.3, -0.25) is 14.5 Å². The number of methoxy groups -OCH3 is 1. The average molecular weight is 377 g/mol. The Morgan fingerprint density at radius 2 is 1.89 bits per heavy atom. The third-order valence-electron chi connectivity index (χ3n) is 4.21. The minimum Gasteiger partial charge on any atom is -0.385 e. The van der Waals surface area contributed by atoms with Crippen LogP contribution >= 0.6 is 0 Å². The zero-order chi connectivity index (χ0) is 20.6. The maximum Gasteiger partial charge on any atom is 0.239 e. The van der Waals surface area contributed by atoms with Crippen LogP contribution in [0.3, 0.4) is 0 Å². The molecule has 0 fully saturated rings. The molecule has 0 radical (unpaired) electrons. The number of nitrogens with one attached hydrogen (secondary N) is 2. The number of carbonyl (C=O) groups is 2. The Morgan fingerprint density at radius 1 is 1.26 bits per heavy atom. The van der Waals surface area contributed by atoms with Crippen LogP contribution in [0, 0.1) is 25.2 Å². The Kier molecular flexibility index (Phi) is 8.98. The fraction of sp³-hybridized carbons (Fsp3) is 0.632. The van der Waals surface area contributed by atoms with Crippen LogP contribution in [0.25, 0.3) is 0 Å². The first-order valence-electron chi connectivity index (χ1n) is 9.07. The lowest BCUT2D eigenvalue weighted by Crippen LogP contribution is -2.41. The summed E-state index contributed by atoms with van der Waals surface area (Å²) in [6, 6.07) is 2.24. The smallest absolute Gasteiger partial charge is 0.239 e. The summed E-state index contributed by atoms with van der Waals surface area (Å²) in [5.74, 6) is 0.109. The van der Waals surface area contributed by atoms with Crippen molar-refractivity contribution in [2.75, 3.05) is 39.2 Å². The van der Waals surface area contributed by atoms with Crippen molar-refractivity contribution in [2.45, 2.75) is 46.7 Å². The Balaban J connectivity index is 2.84. The van der Waals surface area contributed by atoms with Gasteiger partial charge >= 0.3 is 0 Å². The number of amides is 2. The SMILES string of the molecule is COCCCn1c(C)c(C)c(C#N)c1NC(=O)CN(C)CC(=O)NC(C)C. The van der Waals surface area contributed by atoms with Gasteiger partial charge in [-0.1, -0.05) is 0 Å². The molecule has 0 saturated carbocycles. The van der Waals surface area contributed by atoms with E-state index in [2.05, 4.69) is 16.7 Å². The van der Waals surface area contributed by atoms with Gasteiger partial charge in [0.1, 0.15) is 11.9 Å². The molecule has 2 amide bonds. The molecule has 0 saturated heterocycles. The van der Waals surface area contributed by atoms with Gasteiger partial charge in [0.2, 0.25) is 11.8 Å². The van der Waals surface area contributed by atoms with Gasteiger partial charge in [0.15, 0.2) is 0 Å². The summed E-state index contributed by atoms with van der Waals surface area (Å²) in [4.78, 5) is 25.9. The van der Waals surface area contributed by atoms with E-state index >= 15 is 0 Å². The average Bonchev–Trinajstić information content (AvgIpc) is 2.77. The van der Waals surface area contributed by atoms with Gasteiger partial charge in [-0.15, -0.1) is 0 Å². The topological polar surface area (TPSA) is 99.4 Å². The number of rotatable bonds is 10. The molecule has 1 heterocycles. The molecule has 8 nitrogen and oxygen atoms in total. The number of ether oxygens (including phenoxy) is 1. The predicted molar refractivity (Wildman–Crippen MR) is 105 cm³/mol. The Morgan fingerprint density at radius 3 is 2.44 bits per heavy atom. The first-order chi connectivity index (χ1) is 12.7. The fourth-order valence-electron chi connectivity index (χ4n) is 2.86. The summed E-state index contributed by atoms with van der Waals surface area (Å²) in [6.07, 6.45) is 0.772. The lowest BCUT2D eigenvalue weighted by atomic mass is 10.2. The van der Waals surface area contributed by atoms with Crippen LogP contribution in [-0.4, -0.2) is 61.2 Å². The van der Waals surface area contributed by atoms with E-state index in [0.29, 0.717) is 24.5 Å². The van der Waals surface area contributed by atoms with Gasteiger partial charge in [-0.2, -0.15) is 5.26 Å². The van der Waals surface area contributed by atoms with Gasteiger partial charge in [0.25, 0.3) is 0 Å². The normalized spacial score (nSPS) is 10.9. The van der Waals surface area contributed by atoms with E-state index in [4.69, 9.17) is 4.74 Å². The van der Waals surface area contributed by atoms with Crippen LogP contribution in [0.5, 0.6) is 0 Å². The fourth-order valence-corrected chi connectivity index (χ4v) is 2.86. The molecule has 2 N–H and O–H groups in total. The summed E-state index contributed by atoms with van der Waals surface area (Å²) in [5.41, 5.74) is 2.27. The van der Waals surface area contributed by atoms with E-state index in [0.717, 1.165) is 17.7 Å². The van der Waals surface area contributed by atoms with Crippen LogP contribution in [0.1, 0.15) is 37.1 Å². The second-order valence-corrected chi connectivity index (χ2v) is 6.99. The molecule has 0 aliphatic heterocycles. The second kappa shape index (κ2) is 10.7. The monoisotopic (exact) mass is 377 g/mol.